The molecule has 2 N–H and O–H groups in total. The topological polar surface area (TPSA) is 26.0 Å². The van der Waals surface area contributed by atoms with Crippen molar-refractivity contribution in [3.05, 3.63) is 39.6 Å². The summed E-state index contributed by atoms with van der Waals surface area (Å²) >= 11 is 3.18. The number of aryl methyl sites for hydroxylation is 1. The summed E-state index contributed by atoms with van der Waals surface area (Å²) in [4.78, 5) is 0. The molecule has 0 aliphatic carbocycles. The van der Waals surface area contributed by atoms with Gasteiger partial charge in [0.1, 0.15) is 5.82 Å². The second-order valence-corrected chi connectivity index (χ2v) is 3.58. The van der Waals surface area contributed by atoms with Crippen molar-refractivity contribution >= 4 is 22.0 Å². The van der Waals surface area contributed by atoms with Gasteiger partial charge < -0.3 is 5.73 Å². The lowest BCUT2D eigenvalue weighted by Gasteiger charge is -2.02. The SMILES string of the molecule is Cc1cc(F)c(Br)c(/C=C/CN)c1. The molecule has 0 heterocycles. The molecular weight excluding hydrogens is 233 g/mol. The average Bonchev–Trinajstić information content (AvgIpc) is 2.09. The van der Waals surface area contributed by atoms with Crippen molar-refractivity contribution in [1.82, 2.24) is 0 Å². The maximum atomic E-state index is 13.2. The second kappa shape index (κ2) is 4.53. The molecule has 0 aliphatic heterocycles. The number of rotatable bonds is 2. The predicted octanol–water partition coefficient (Wildman–Crippen LogP) is 2.87. The van der Waals surface area contributed by atoms with Crippen molar-refractivity contribution in [2.75, 3.05) is 6.54 Å². The van der Waals surface area contributed by atoms with Gasteiger partial charge >= 0.3 is 0 Å². The van der Waals surface area contributed by atoms with Crippen LogP contribution < -0.4 is 5.73 Å². The maximum Gasteiger partial charge on any atom is 0.138 e. The fraction of sp³-hybridized carbons (Fsp3) is 0.200. The highest BCUT2D eigenvalue weighted by Crippen LogP contribution is 2.23. The quantitative estimate of drug-likeness (QED) is 0.850. The van der Waals surface area contributed by atoms with Gasteiger partial charge in [-0.25, -0.2) is 4.39 Å². The Morgan fingerprint density at radius 3 is 2.85 bits per heavy atom. The molecule has 0 unspecified atom stereocenters. The highest BCUT2D eigenvalue weighted by atomic mass is 79.9. The van der Waals surface area contributed by atoms with Gasteiger partial charge in [0.25, 0.3) is 0 Å². The molecule has 0 atom stereocenters. The third-order valence-electron chi connectivity index (χ3n) is 1.63. The van der Waals surface area contributed by atoms with Gasteiger partial charge in [-0.15, -0.1) is 0 Å². The van der Waals surface area contributed by atoms with Gasteiger partial charge in [0.2, 0.25) is 0 Å². The lowest BCUT2D eigenvalue weighted by molar-refractivity contribution is 0.619. The van der Waals surface area contributed by atoms with Crippen LogP contribution in [-0.4, -0.2) is 6.54 Å². The third-order valence-corrected chi connectivity index (χ3v) is 2.47. The monoisotopic (exact) mass is 243 g/mol. The van der Waals surface area contributed by atoms with E-state index in [0.29, 0.717) is 11.0 Å². The molecule has 13 heavy (non-hydrogen) atoms. The van der Waals surface area contributed by atoms with Crippen LogP contribution in [0, 0.1) is 12.7 Å². The van der Waals surface area contributed by atoms with Crippen LogP contribution in [0.4, 0.5) is 4.39 Å². The van der Waals surface area contributed by atoms with Gasteiger partial charge in [-0.2, -0.15) is 0 Å². The highest BCUT2D eigenvalue weighted by molar-refractivity contribution is 9.10. The normalized spacial score (nSPS) is 11.1. The Morgan fingerprint density at radius 1 is 1.54 bits per heavy atom. The molecule has 0 saturated carbocycles. The van der Waals surface area contributed by atoms with E-state index in [1.165, 1.54) is 6.07 Å². The fourth-order valence-corrected chi connectivity index (χ4v) is 1.43. The van der Waals surface area contributed by atoms with Gasteiger partial charge in [0.05, 0.1) is 4.47 Å². The van der Waals surface area contributed by atoms with Crippen molar-refractivity contribution in [1.29, 1.82) is 0 Å². The van der Waals surface area contributed by atoms with E-state index in [2.05, 4.69) is 15.9 Å². The van der Waals surface area contributed by atoms with Crippen LogP contribution in [0.1, 0.15) is 11.1 Å². The second-order valence-electron chi connectivity index (χ2n) is 2.79. The molecule has 3 heteroatoms. The molecule has 0 radical (unpaired) electrons. The molecule has 0 amide bonds. The summed E-state index contributed by atoms with van der Waals surface area (Å²) < 4.78 is 13.6. The first-order valence-electron chi connectivity index (χ1n) is 3.97. The van der Waals surface area contributed by atoms with Crippen LogP contribution in [0.2, 0.25) is 0 Å². The van der Waals surface area contributed by atoms with Gasteiger partial charge in [0.15, 0.2) is 0 Å². The molecule has 1 nitrogen and oxygen atoms in total. The molecule has 1 aromatic carbocycles. The molecule has 0 bridgehead atoms. The van der Waals surface area contributed by atoms with Crippen LogP contribution in [0.5, 0.6) is 0 Å². The summed E-state index contributed by atoms with van der Waals surface area (Å²) in [5, 5.41) is 0. The molecule has 0 spiro atoms. The number of nitrogens with two attached hydrogens (primary N) is 1. The molecule has 1 rings (SSSR count). The first kappa shape index (κ1) is 10.4. The molecular formula is C10H11BrFN. The number of hydrogen-bond acceptors (Lipinski definition) is 1. The standard InChI is InChI=1S/C10H11BrFN/c1-7-5-8(3-2-4-13)10(11)9(12)6-7/h2-3,5-6H,4,13H2,1H3/b3-2+. The van der Waals surface area contributed by atoms with E-state index in [0.717, 1.165) is 11.1 Å². The minimum absolute atomic E-state index is 0.239. The fourth-order valence-electron chi connectivity index (χ4n) is 1.07. The van der Waals surface area contributed by atoms with E-state index < -0.39 is 0 Å². The van der Waals surface area contributed by atoms with Crippen molar-refractivity contribution < 1.29 is 4.39 Å². The molecule has 70 valence electrons. The molecule has 0 aromatic heterocycles. The summed E-state index contributed by atoms with van der Waals surface area (Å²) in [5.74, 6) is -0.239. The molecule has 1 aromatic rings. The van der Waals surface area contributed by atoms with Crippen LogP contribution in [0.3, 0.4) is 0 Å². The van der Waals surface area contributed by atoms with E-state index in [-0.39, 0.29) is 5.82 Å². The molecule has 0 saturated heterocycles. The summed E-state index contributed by atoms with van der Waals surface area (Å²) in [6.45, 7) is 2.32. The van der Waals surface area contributed by atoms with E-state index >= 15 is 0 Å². The van der Waals surface area contributed by atoms with Gasteiger partial charge in [-0.3, -0.25) is 0 Å². The van der Waals surface area contributed by atoms with Crippen molar-refractivity contribution in [2.45, 2.75) is 6.92 Å². The summed E-state index contributed by atoms with van der Waals surface area (Å²) in [7, 11) is 0. The van der Waals surface area contributed by atoms with Gasteiger partial charge in [-0.1, -0.05) is 18.2 Å². The number of hydrogen-bond donors (Lipinski definition) is 1. The van der Waals surface area contributed by atoms with E-state index in [1.54, 1.807) is 12.2 Å². The first-order chi connectivity index (χ1) is 6.15. The zero-order valence-corrected chi connectivity index (χ0v) is 8.94. The van der Waals surface area contributed by atoms with E-state index in [4.69, 9.17) is 5.73 Å². The van der Waals surface area contributed by atoms with Crippen molar-refractivity contribution in [3.63, 3.8) is 0 Å². The van der Waals surface area contributed by atoms with E-state index in [1.807, 2.05) is 13.0 Å². The number of halogens is 2. The largest absolute Gasteiger partial charge is 0.327 e. The first-order valence-corrected chi connectivity index (χ1v) is 4.76. The Labute approximate surface area is 85.6 Å². The molecule has 0 aliphatic rings. The molecule has 0 fully saturated rings. The highest BCUT2D eigenvalue weighted by Gasteiger charge is 2.03. The van der Waals surface area contributed by atoms with Gasteiger partial charge in [0, 0.05) is 6.54 Å². The zero-order chi connectivity index (χ0) is 9.84. The third kappa shape index (κ3) is 2.64. The average molecular weight is 244 g/mol. The lowest BCUT2D eigenvalue weighted by Crippen LogP contribution is -1.92. The van der Waals surface area contributed by atoms with Crippen LogP contribution in [-0.2, 0) is 0 Å². The lowest BCUT2D eigenvalue weighted by atomic mass is 10.1. The summed E-state index contributed by atoms with van der Waals surface area (Å²) in [6.07, 6.45) is 3.60. The summed E-state index contributed by atoms with van der Waals surface area (Å²) in [5.41, 5.74) is 7.03. The Morgan fingerprint density at radius 2 is 2.23 bits per heavy atom. The zero-order valence-electron chi connectivity index (χ0n) is 7.35. The smallest absolute Gasteiger partial charge is 0.138 e. The van der Waals surface area contributed by atoms with Crippen molar-refractivity contribution in [2.24, 2.45) is 5.73 Å². The Bertz CT molecular complexity index is 334. The minimum atomic E-state index is -0.239. The predicted molar refractivity (Wildman–Crippen MR) is 56.9 cm³/mol. The van der Waals surface area contributed by atoms with E-state index in [9.17, 15) is 4.39 Å². The van der Waals surface area contributed by atoms with Gasteiger partial charge in [-0.05, 0) is 40.0 Å². The Balaban J connectivity index is 3.12. The summed E-state index contributed by atoms with van der Waals surface area (Å²) in [6, 6.07) is 3.39. The Hall–Kier alpha value is -0.670. The van der Waals surface area contributed by atoms with Crippen molar-refractivity contribution in [3.8, 4) is 0 Å². The van der Waals surface area contributed by atoms with Crippen LogP contribution >= 0.6 is 15.9 Å². The maximum absolute atomic E-state index is 13.2. The minimum Gasteiger partial charge on any atom is -0.327 e. The van der Waals surface area contributed by atoms with Crippen LogP contribution in [0.15, 0.2) is 22.7 Å². The van der Waals surface area contributed by atoms with Crippen LogP contribution in [0.25, 0.3) is 6.08 Å². The Kier molecular flexibility index (Phi) is 3.63. The number of benzene rings is 1.